The fourth-order valence-electron chi connectivity index (χ4n) is 2.34. The second-order valence-electron chi connectivity index (χ2n) is 4.19. The maximum atomic E-state index is 2.26. The van der Waals surface area contributed by atoms with Crippen LogP contribution in [0.25, 0.3) is 0 Å². The Morgan fingerprint density at radius 1 is 0.933 bits per heavy atom. The second-order valence-corrected chi connectivity index (χ2v) is 4.19. The van der Waals surface area contributed by atoms with Crippen molar-refractivity contribution in [2.75, 3.05) is 0 Å². The van der Waals surface area contributed by atoms with Gasteiger partial charge in [0, 0.05) is 0 Å². The van der Waals surface area contributed by atoms with Gasteiger partial charge in [-0.2, -0.15) is 0 Å². The highest BCUT2D eigenvalue weighted by molar-refractivity contribution is 5.15. The van der Waals surface area contributed by atoms with Gasteiger partial charge in [0.2, 0.25) is 0 Å². The first-order valence-corrected chi connectivity index (χ1v) is 6.49. The fraction of sp³-hybridized carbons (Fsp3) is 0.600. The molecule has 0 heteroatoms. The predicted octanol–water partition coefficient (Wildman–Crippen LogP) is 4.84. The van der Waals surface area contributed by atoms with Gasteiger partial charge >= 0.3 is 0 Å². The van der Waals surface area contributed by atoms with Gasteiger partial charge in [-0.15, -0.1) is 0 Å². The van der Waals surface area contributed by atoms with Crippen molar-refractivity contribution >= 4 is 0 Å². The topological polar surface area (TPSA) is 0 Å². The van der Waals surface area contributed by atoms with Crippen LogP contribution in [-0.4, -0.2) is 0 Å². The lowest BCUT2D eigenvalue weighted by atomic mass is 9.85. The Balaban J connectivity index is 0.000000531. The Labute approximate surface area is 94.7 Å². The molecule has 1 aromatic rings. The molecule has 1 fully saturated rings. The van der Waals surface area contributed by atoms with Gasteiger partial charge in [-0.05, 0) is 17.9 Å². The highest BCUT2D eigenvalue weighted by Gasteiger charge is 2.13. The third-order valence-electron chi connectivity index (χ3n) is 3.09. The minimum absolute atomic E-state index is 0.969. The summed E-state index contributed by atoms with van der Waals surface area (Å²) in [5.41, 5.74) is 1.52. The molecule has 0 atom stereocenters. The van der Waals surface area contributed by atoms with Crippen molar-refractivity contribution in [2.24, 2.45) is 5.92 Å². The minimum Gasteiger partial charge on any atom is -0.0683 e. The number of rotatable bonds is 2. The monoisotopic (exact) mass is 204 g/mol. The van der Waals surface area contributed by atoms with Gasteiger partial charge in [0.15, 0.2) is 0 Å². The Kier molecular flexibility index (Phi) is 6.15. The van der Waals surface area contributed by atoms with Gasteiger partial charge in [-0.3, -0.25) is 0 Å². The molecule has 0 nitrogen and oxygen atoms in total. The van der Waals surface area contributed by atoms with Crippen LogP contribution in [0.15, 0.2) is 30.3 Å². The van der Waals surface area contributed by atoms with E-state index >= 15 is 0 Å². The lowest BCUT2D eigenvalue weighted by Crippen LogP contribution is -2.08. The van der Waals surface area contributed by atoms with E-state index in [1.165, 1.54) is 44.1 Å². The van der Waals surface area contributed by atoms with Crippen molar-refractivity contribution in [3.05, 3.63) is 35.9 Å². The number of hydrogen-bond acceptors (Lipinski definition) is 0. The molecule has 0 saturated heterocycles. The third-order valence-corrected chi connectivity index (χ3v) is 3.09. The lowest BCUT2D eigenvalue weighted by molar-refractivity contribution is 0.356. The molecule has 1 aromatic carbocycles. The van der Waals surface area contributed by atoms with Crippen LogP contribution in [0.3, 0.4) is 0 Å². The Bertz CT molecular complexity index is 231. The quantitative estimate of drug-likeness (QED) is 0.647. The molecule has 0 amide bonds. The van der Waals surface area contributed by atoms with Gasteiger partial charge in [0.05, 0.1) is 0 Å². The standard InChI is InChI=1S/C13H18.C2H6/c1-3-7-12(8-4-1)11-13-9-5-2-6-10-13;1-2/h1,3-4,7-8,13H,2,5-6,9-11H2;1-2H3. The molecule has 0 bridgehead atoms. The average Bonchev–Trinajstić information content (AvgIpc) is 2.34. The molecule has 1 aliphatic carbocycles. The van der Waals surface area contributed by atoms with Crippen LogP contribution < -0.4 is 0 Å². The van der Waals surface area contributed by atoms with E-state index in [0.717, 1.165) is 5.92 Å². The Hall–Kier alpha value is -0.780. The first-order chi connectivity index (χ1) is 7.45. The molecule has 15 heavy (non-hydrogen) atoms. The van der Waals surface area contributed by atoms with Gasteiger partial charge in [-0.1, -0.05) is 76.3 Å². The van der Waals surface area contributed by atoms with E-state index in [-0.39, 0.29) is 0 Å². The molecule has 0 N–H and O–H groups in total. The highest BCUT2D eigenvalue weighted by Crippen LogP contribution is 2.26. The molecule has 0 heterocycles. The summed E-state index contributed by atoms with van der Waals surface area (Å²) in [6.07, 6.45) is 8.59. The zero-order valence-electron chi connectivity index (χ0n) is 10.2. The smallest absolute Gasteiger partial charge is 0.0250 e. The lowest BCUT2D eigenvalue weighted by Gasteiger charge is -2.21. The molecule has 84 valence electrons. The number of hydrogen-bond donors (Lipinski definition) is 0. The summed E-state index contributed by atoms with van der Waals surface area (Å²) in [6.45, 7) is 4.00. The van der Waals surface area contributed by atoms with Crippen molar-refractivity contribution in [1.29, 1.82) is 0 Å². The van der Waals surface area contributed by atoms with E-state index in [9.17, 15) is 0 Å². The molecular formula is C15H24. The van der Waals surface area contributed by atoms with E-state index in [2.05, 4.69) is 30.3 Å². The molecule has 0 spiro atoms. The van der Waals surface area contributed by atoms with E-state index in [1.807, 2.05) is 13.8 Å². The van der Waals surface area contributed by atoms with Crippen molar-refractivity contribution in [1.82, 2.24) is 0 Å². The summed E-state index contributed by atoms with van der Waals surface area (Å²) >= 11 is 0. The van der Waals surface area contributed by atoms with Crippen LogP contribution in [0.5, 0.6) is 0 Å². The second kappa shape index (κ2) is 7.50. The van der Waals surface area contributed by atoms with Crippen LogP contribution >= 0.6 is 0 Å². The maximum Gasteiger partial charge on any atom is -0.0250 e. The van der Waals surface area contributed by atoms with Crippen molar-refractivity contribution < 1.29 is 0 Å². The largest absolute Gasteiger partial charge is 0.0683 e. The Morgan fingerprint density at radius 3 is 2.13 bits per heavy atom. The minimum atomic E-state index is 0.969. The summed E-state index contributed by atoms with van der Waals surface area (Å²) < 4.78 is 0. The van der Waals surface area contributed by atoms with Crippen LogP contribution in [0, 0.1) is 5.92 Å². The summed E-state index contributed by atoms with van der Waals surface area (Å²) in [7, 11) is 0. The first kappa shape index (κ1) is 12.3. The normalized spacial score (nSPS) is 16.7. The maximum absolute atomic E-state index is 2.26. The number of benzene rings is 1. The van der Waals surface area contributed by atoms with Crippen molar-refractivity contribution in [2.45, 2.75) is 52.4 Å². The summed E-state index contributed by atoms with van der Waals surface area (Å²) in [5.74, 6) is 0.969. The van der Waals surface area contributed by atoms with Crippen LogP contribution in [-0.2, 0) is 6.42 Å². The van der Waals surface area contributed by atoms with Crippen LogP contribution in [0.2, 0.25) is 0 Å². The summed E-state index contributed by atoms with van der Waals surface area (Å²) in [6, 6.07) is 10.9. The van der Waals surface area contributed by atoms with E-state index in [1.54, 1.807) is 0 Å². The summed E-state index contributed by atoms with van der Waals surface area (Å²) in [4.78, 5) is 0. The predicted molar refractivity (Wildman–Crippen MR) is 68.1 cm³/mol. The molecule has 0 aliphatic heterocycles. The van der Waals surface area contributed by atoms with Gasteiger partial charge in [-0.25, -0.2) is 0 Å². The average molecular weight is 204 g/mol. The van der Waals surface area contributed by atoms with Gasteiger partial charge in [0.25, 0.3) is 0 Å². The van der Waals surface area contributed by atoms with Crippen molar-refractivity contribution in [3.63, 3.8) is 0 Å². The Morgan fingerprint density at radius 2 is 1.53 bits per heavy atom. The summed E-state index contributed by atoms with van der Waals surface area (Å²) in [5, 5.41) is 0. The van der Waals surface area contributed by atoms with E-state index in [4.69, 9.17) is 0 Å². The van der Waals surface area contributed by atoms with Crippen LogP contribution in [0.1, 0.15) is 51.5 Å². The molecule has 2 rings (SSSR count). The van der Waals surface area contributed by atoms with E-state index < -0.39 is 0 Å². The zero-order valence-corrected chi connectivity index (χ0v) is 10.2. The van der Waals surface area contributed by atoms with E-state index in [0.29, 0.717) is 0 Å². The molecule has 0 aromatic heterocycles. The molecule has 0 unspecified atom stereocenters. The van der Waals surface area contributed by atoms with Gasteiger partial charge in [0.1, 0.15) is 0 Å². The van der Waals surface area contributed by atoms with Gasteiger partial charge < -0.3 is 0 Å². The highest BCUT2D eigenvalue weighted by atomic mass is 14.2. The van der Waals surface area contributed by atoms with Crippen LogP contribution in [0.4, 0.5) is 0 Å². The molecule has 1 saturated carbocycles. The molecule has 1 aliphatic rings. The first-order valence-electron chi connectivity index (χ1n) is 6.49. The SMILES string of the molecule is CC.c1ccc(CC2CCCCC2)cc1. The molecular weight excluding hydrogens is 180 g/mol. The molecule has 0 radical (unpaired) electrons. The third kappa shape index (κ3) is 4.51. The zero-order chi connectivity index (χ0) is 10.9. The fourth-order valence-corrected chi connectivity index (χ4v) is 2.34. The van der Waals surface area contributed by atoms with Crippen molar-refractivity contribution in [3.8, 4) is 0 Å².